The molecule has 1 amide bonds. The molecule has 0 fully saturated rings. The molecule has 2 aromatic rings. The summed E-state index contributed by atoms with van der Waals surface area (Å²) < 4.78 is 5.20. The van der Waals surface area contributed by atoms with Gasteiger partial charge in [0.15, 0.2) is 11.9 Å². The van der Waals surface area contributed by atoms with E-state index in [0.717, 1.165) is 16.2 Å². The third-order valence-corrected chi connectivity index (χ3v) is 5.49. The number of ether oxygens (including phenoxy) is 1. The van der Waals surface area contributed by atoms with Crippen molar-refractivity contribution >= 4 is 46.1 Å². The van der Waals surface area contributed by atoms with Crippen molar-refractivity contribution in [2.24, 2.45) is 0 Å². The predicted molar refractivity (Wildman–Crippen MR) is 95.4 cm³/mol. The molecule has 1 unspecified atom stereocenters. The number of amides is 1. The van der Waals surface area contributed by atoms with Crippen LogP contribution in [0.2, 0.25) is 0 Å². The molecule has 1 atom stereocenters. The summed E-state index contributed by atoms with van der Waals surface area (Å²) in [6.45, 7) is 4.70. The number of rotatable bonds is 7. The van der Waals surface area contributed by atoms with Crippen LogP contribution in [-0.4, -0.2) is 29.5 Å². The molecule has 2 aromatic heterocycles. The van der Waals surface area contributed by atoms with E-state index >= 15 is 0 Å². The molecule has 0 bridgehead atoms. The SMILES string of the molecule is CC(=O)NCc1ccc(C(=O)C(C)OC(=O)c2ccc(C(C)=O)s2)s1. The Morgan fingerprint density at radius 2 is 1.64 bits per heavy atom. The monoisotopic (exact) mass is 379 g/mol. The number of carbonyl (C=O) groups is 4. The standard InChI is InChI=1S/C17H17NO5S2/c1-9(19)13-6-7-15(25-13)17(22)23-10(2)16(21)14-5-4-12(24-14)8-18-11(3)20/h4-7,10H,8H2,1-3H3,(H,18,20). The minimum atomic E-state index is -0.942. The molecule has 0 saturated carbocycles. The maximum Gasteiger partial charge on any atom is 0.349 e. The molecule has 2 rings (SSSR count). The summed E-state index contributed by atoms with van der Waals surface area (Å²) >= 11 is 2.28. The van der Waals surface area contributed by atoms with Crippen molar-refractivity contribution in [3.63, 3.8) is 0 Å². The molecule has 6 nitrogen and oxygen atoms in total. The summed E-state index contributed by atoms with van der Waals surface area (Å²) in [5.41, 5.74) is 0. The fraction of sp³-hybridized carbons (Fsp3) is 0.294. The quantitative estimate of drug-likeness (QED) is 0.590. The molecule has 0 aromatic carbocycles. The molecule has 1 N–H and O–H groups in total. The highest BCUT2D eigenvalue weighted by atomic mass is 32.1. The van der Waals surface area contributed by atoms with E-state index in [1.54, 1.807) is 18.2 Å². The van der Waals surface area contributed by atoms with E-state index < -0.39 is 12.1 Å². The third-order valence-electron chi connectivity index (χ3n) is 3.22. The Balaban J connectivity index is 1.98. The van der Waals surface area contributed by atoms with Gasteiger partial charge >= 0.3 is 5.97 Å². The Kier molecular flexibility index (Phi) is 6.22. The predicted octanol–water partition coefficient (Wildman–Crippen LogP) is 3.08. The topological polar surface area (TPSA) is 89.5 Å². The lowest BCUT2D eigenvalue weighted by Crippen LogP contribution is -2.23. The summed E-state index contributed by atoms with van der Waals surface area (Å²) in [6, 6.07) is 6.47. The summed E-state index contributed by atoms with van der Waals surface area (Å²) in [5, 5.41) is 2.66. The highest BCUT2D eigenvalue weighted by Crippen LogP contribution is 2.21. The molecule has 132 valence electrons. The number of ketones is 2. The number of thiophene rings is 2. The first-order valence-electron chi connectivity index (χ1n) is 7.47. The van der Waals surface area contributed by atoms with Crippen LogP contribution in [0.5, 0.6) is 0 Å². The highest BCUT2D eigenvalue weighted by molar-refractivity contribution is 7.16. The lowest BCUT2D eigenvalue weighted by atomic mass is 10.2. The minimum Gasteiger partial charge on any atom is -0.450 e. The number of hydrogen-bond acceptors (Lipinski definition) is 7. The number of esters is 1. The summed E-state index contributed by atoms with van der Waals surface area (Å²) in [5.74, 6) is -1.22. The van der Waals surface area contributed by atoms with Gasteiger partial charge in [0.05, 0.1) is 16.3 Å². The van der Waals surface area contributed by atoms with Crippen molar-refractivity contribution in [1.29, 1.82) is 0 Å². The van der Waals surface area contributed by atoms with Gasteiger partial charge in [-0.3, -0.25) is 14.4 Å². The average Bonchev–Trinajstić information content (AvgIpc) is 3.21. The number of Topliss-reactive ketones (excluding diaryl/α,β-unsaturated/α-hetero) is 2. The van der Waals surface area contributed by atoms with Crippen molar-refractivity contribution in [2.45, 2.75) is 33.4 Å². The minimum absolute atomic E-state index is 0.126. The van der Waals surface area contributed by atoms with Crippen molar-refractivity contribution in [3.05, 3.63) is 43.8 Å². The van der Waals surface area contributed by atoms with Gasteiger partial charge in [-0.05, 0) is 38.1 Å². The van der Waals surface area contributed by atoms with Crippen molar-refractivity contribution in [3.8, 4) is 0 Å². The fourth-order valence-corrected chi connectivity index (χ4v) is 3.68. The van der Waals surface area contributed by atoms with Crippen molar-refractivity contribution in [2.75, 3.05) is 0 Å². The van der Waals surface area contributed by atoms with Crippen molar-refractivity contribution < 1.29 is 23.9 Å². The average molecular weight is 379 g/mol. The molecule has 0 aliphatic carbocycles. The van der Waals surface area contributed by atoms with Gasteiger partial charge in [-0.2, -0.15) is 0 Å². The van der Waals surface area contributed by atoms with E-state index in [9.17, 15) is 19.2 Å². The summed E-state index contributed by atoms with van der Waals surface area (Å²) in [4.78, 5) is 48.7. The maximum absolute atomic E-state index is 12.4. The van der Waals surface area contributed by atoms with Gasteiger partial charge < -0.3 is 10.1 Å². The zero-order valence-electron chi connectivity index (χ0n) is 14.0. The molecule has 0 aliphatic heterocycles. The van der Waals surface area contributed by atoms with Crippen LogP contribution in [0.4, 0.5) is 0 Å². The first-order valence-corrected chi connectivity index (χ1v) is 9.10. The van der Waals surface area contributed by atoms with Gasteiger partial charge in [-0.25, -0.2) is 4.79 Å². The third kappa shape index (κ3) is 5.07. The van der Waals surface area contributed by atoms with Gasteiger partial charge in [0, 0.05) is 11.8 Å². The molecule has 0 saturated heterocycles. The second-order valence-electron chi connectivity index (χ2n) is 5.31. The molecule has 2 heterocycles. The second kappa shape index (κ2) is 8.17. The van der Waals surface area contributed by atoms with Gasteiger partial charge in [0.1, 0.15) is 4.88 Å². The van der Waals surface area contributed by atoms with Gasteiger partial charge in [0.25, 0.3) is 0 Å². The highest BCUT2D eigenvalue weighted by Gasteiger charge is 2.23. The molecule has 25 heavy (non-hydrogen) atoms. The van der Waals surface area contributed by atoms with Crippen molar-refractivity contribution in [1.82, 2.24) is 5.32 Å². The van der Waals surface area contributed by atoms with E-state index in [1.165, 1.54) is 38.2 Å². The smallest absolute Gasteiger partial charge is 0.349 e. The van der Waals surface area contributed by atoms with E-state index in [0.29, 0.717) is 16.3 Å². The normalized spacial score (nSPS) is 11.6. The largest absolute Gasteiger partial charge is 0.450 e. The number of carbonyl (C=O) groups excluding carboxylic acids is 4. The molecule has 0 spiro atoms. The van der Waals surface area contributed by atoms with Crippen LogP contribution in [0.1, 0.15) is 54.7 Å². The Hall–Kier alpha value is -2.32. The van der Waals surface area contributed by atoms with Gasteiger partial charge in [-0.15, -0.1) is 22.7 Å². The molecule has 0 radical (unpaired) electrons. The Labute approximate surface area is 152 Å². The van der Waals surface area contributed by atoms with E-state index in [1.807, 2.05) is 0 Å². The fourth-order valence-electron chi connectivity index (χ4n) is 1.93. The van der Waals surface area contributed by atoms with Gasteiger partial charge in [0.2, 0.25) is 11.7 Å². The van der Waals surface area contributed by atoms with E-state index in [2.05, 4.69) is 5.32 Å². The first-order chi connectivity index (χ1) is 11.8. The van der Waals surface area contributed by atoms with Crippen LogP contribution < -0.4 is 5.32 Å². The summed E-state index contributed by atoms with van der Waals surface area (Å²) in [7, 11) is 0. The van der Waals surface area contributed by atoms with Crippen LogP contribution >= 0.6 is 22.7 Å². The van der Waals surface area contributed by atoms with Gasteiger partial charge in [-0.1, -0.05) is 0 Å². The van der Waals surface area contributed by atoms with Crippen LogP contribution in [0.15, 0.2) is 24.3 Å². The maximum atomic E-state index is 12.4. The Morgan fingerprint density at radius 1 is 1.00 bits per heavy atom. The molecule has 8 heteroatoms. The Morgan fingerprint density at radius 3 is 2.24 bits per heavy atom. The number of hydrogen-bond donors (Lipinski definition) is 1. The molecular weight excluding hydrogens is 362 g/mol. The molecular formula is C17H17NO5S2. The van der Waals surface area contributed by atoms with E-state index in [-0.39, 0.29) is 22.4 Å². The second-order valence-corrected chi connectivity index (χ2v) is 7.56. The Bertz CT molecular complexity index is 821. The zero-order chi connectivity index (χ0) is 18.6. The van der Waals surface area contributed by atoms with Crippen LogP contribution in [0.25, 0.3) is 0 Å². The zero-order valence-corrected chi connectivity index (χ0v) is 15.6. The van der Waals surface area contributed by atoms with Crippen LogP contribution in [0, 0.1) is 0 Å². The van der Waals surface area contributed by atoms with Crippen LogP contribution in [0.3, 0.4) is 0 Å². The molecule has 0 aliphatic rings. The van der Waals surface area contributed by atoms with E-state index in [4.69, 9.17) is 4.74 Å². The number of nitrogens with one attached hydrogen (secondary N) is 1. The summed E-state index contributed by atoms with van der Waals surface area (Å²) in [6.07, 6.45) is -0.942. The first kappa shape index (κ1) is 19.0. The van der Waals surface area contributed by atoms with Crippen LogP contribution in [-0.2, 0) is 16.1 Å². The lowest BCUT2D eigenvalue weighted by Gasteiger charge is -2.10. The lowest BCUT2D eigenvalue weighted by molar-refractivity contribution is -0.119.